The van der Waals surface area contributed by atoms with Gasteiger partial charge in [-0.25, -0.2) is 4.68 Å². The molecule has 1 unspecified atom stereocenters. The molecule has 0 fully saturated rings. The van der Waals surface area contributed by atoms with E-state index in [1.165, 1.54) is 0 Å². The summed E-state index contributed by atoms with van der Waals surface area (Å²) in [6, 6.07) is 10.8. The molecule has 0 spiro atoms. The molecule has 3 aliphatic rings. The molecule has 1 N–H and O–H groups in total. The summed E-state index contributed by atoms with van der Waals surface area (Å²) in [4.78, 5) is 18.3. The number of carbonyl (C=O) groups is 1. The first-order chi connectivity index (χ1) is 16.8. The Labute approximate surface area is 202 Å². The van der Waals surface area contributed by atoms with Crippen LogP contribution < -0.4 is 24.3 Å². The molecule has 0 radical (unpaired) electrons. The SMILES string of the molecule is COc1cc(OC)cc(-c2nc3n(n2)C(c2ccc4c(c2)OCO4)C2=C(CC(C)(C)CC2=O)N3)c1. The number of ether oxygens (including phenoxy) is 4. The molecule has 1 atom stereocenters. The van der Waals surface area contributed by atoms with Crippen molar-refractivity contribution in [1.29, 1.82) is 0 Å². The Bertz CT molecular complexity index is 1370. The van der Waals surface area contributed by atoms with Crippen LogP contribution in [0, 0.1) is 5.41 Å². The van der Waals surface area contributed by atoms with Crippen LogP contribution in [0.4, 0.5) is 5.95 Å². The second-order valence-electron chi connectivity index (χ2n) is 9.78. The predicted molar refractivity (Wildman–Crippen MR) is 128 cm³/mol. The summed E-state index contributed by atoms with van der Waals surface area (Å²) in [6.07, 6.45) is 1.21. The second-order valence-corrected chi connectivity index (χ2v) is 9.78. The molecule has 180 valence electrons. The average molecular weight is 475 g/mol. The topological polar surface area (TPSA) is 96.7 Å². The van der Waals surface area contributed by atoms with E-state index >= 15 is 0 Å². The molecule has 9 nitrogen and oxygen atoms in total. The van der Waals surface area contributed by atoms with Crippen molar-refractivity contribution in [3.8, 4) is 34.4 Å². The van der Waals surface area contributed by atoms with Crippen molar-refractivity contribution in [3.63, 3.8) is 0 Å². The van der Waals surface area contributed by atoms with Crippen LogP contribution in [0.3, 0.4) is 0 Å². The monoisotopic (exact) mass is 474 g/mol. The first-order valence-corrected chi connectivity index (χ1v) is 11.5. The van der Waals surface area contributed by atoms with Gasteiger partial charge in [-0.15, -0.1) is 5.10 Å². The van der Waals surface area contributed by atoms with Gasteiger partial charge in [0.05, 0.1) is 14.2 Å². The normalized spacial score (nSPS) is 19.7. The Morgan fingerprint density at radius 2 is 1.77 bits per heavy atom. The zero-order valence-electron chi connectivity index (χ0n) is 20.0. The third kappa shape index (κ3) is 3.58. The summed E-state index contributed by atoms with van der Waals surface area (Å²) in [6.45, 7) is 4.40. The van der Waals surface area contributed by atoms with E-state index in [0.717, 1.165) is 28.8 Å². The van der Waals surface area contributed by atoms with Gasteiger partial charge in [0, 0.05) is 29.3 Å². The van der Waals surface area contributed by atoms with E-state index in [4.69, 9.17) is 29.0 Å². The van der Waals surface area contributed by atoms with E-state index in [0.29, 0.717) is 41.2 Å². The highest BCUT2D eigenvalue weighted by Crippen LogP contribution is 2.47. The van der Waals surface area contributed by atoms with Crippen molar-refractivity contribution in [1.82, 2.24) is 14.8 Å². The third-order valence-corrected chi connectivity index (χ3v) is 6.65. The summed E-state index contributed by atoms with van der Waals surface area (Å²) in [5.41, 5.74) is 3.10. The number of Topliss-reactive ketones (excluding diaryl/α,β-unsaturated/α-hetero) is 1. The highest BCUT2D eigenvalue weighted by molar-refractivity contribution is 6.00. The molecule has 1 aromatic heterocycles. The Morgan fingerprint density at radius 3 is 2.51 bits per heavy atom. The molecule has 0 saturated heterocycles. The van der Waals surface area contributed by atoms with Crippen LogP contribution >= 0.6 is 0 Å². The van der Waals surface area contributed by atoms with E-state index in [1.807, 2.05) is 30.3 Å². The van der Waals surface area contributed by atoms with Crippen molar-refractivity contribution in [2.24, 2.45) is 5.41 Å². The average Bonchev–Trinajstić information content (AvgIpc) is 3.48. The van der Waals surface area contributed by atoms with Crippen molar-refractivity contribution in [3.05, 3.63) is 53.2 Å². The number of fused-ring (bicyclic) bond motifs is 2. The molecule has 1 aliphatic carbocycles. The fourth-order valence-electron chi connectivity index (χ4n) is 5.06. The van der Waals surface area contributed by atoms with E-state index in [2.05, 4.69) is 19.2 Å². The van der Waals surface area contributed by atoms with Gasteiger partial charge in [0.2, 0.25) is 12.7 Å². The lowest BCUT2D eigenvalue weighted by Crippen LogP contribution is -2.36. The molecule has 0 bridgehead atoms. The van der Waals surface area contributed by atoms with Crippen molar-refractivity contribution < 1.29 is 23.7 Å². The van der Waals surface area contributed by atoms with Gasteiger partial charge < -0.3 is 24.3 Å². The second kappa shape index (κ2) is 7.76. The first-order valence-electron chi connectivity index (χ1n) is 11.5. The van der Waals surface area contributed by atoms with Crippen LogP contribution in [-0.2, 0) is 4.79 Å². The van der Waals surface area contributed by atoms with Crippen LogP contribution in [0.1, 0.15) is 38.3 Å². The zero-order chi connectivity index (χ0) is 24.3. The molecule has 2 aliphatic heterocycles. The van der Waals surface area contributed by atoms with Gasteiger partial charge in [-0.05, 0) is 41.7 Å². The Balaban J connectivity index is 1.51. The Morgan fingerprint density at radius 1 is 1.03 bits per heavy atom. The lowest BCUT2D eigenvalue weighted by Gasteiger charge is -2.38. The quantitative estimate of drug-likeness (QED) is 0.596. The number of carbonyl (C=O) groups excluding carboxylic acids is 1. The molecular formula is C26H26N4O5. The van der Waals surface area contributed by atoms with Crippen molar-refractivity contribution in [2.45, 2.75) is 32.7 Å². The maximum absolute atomic E-state index is 13.5. The summed E-state index contributed by atoms with van der Waals surface area (Å²) in [5, 5.41) is 8.27. The molecular weight excluding hydrogens is 448 g/mol. The minimum atomic E-state index is -0.437. The van der Waals surface area contributed by atoms with Gasteiger partial charge >= 0.3 is 0 Å². The van der Waals surface area contributed by atoms with Crippen LogP contribution in [0.2, 0.25) is 0 Å². The minimum absolute atomic E-state index is 0.108. The van der Waals surface area contributed by atoms with Gasteiger partial charge in [-0.3, -0.25) is 4.79 Å². The van der Waals surface area contributed by atoms with Crippen LogP contribution in [0.15, 0.2) is 47.7 Å². The highest BCUT2D eigenvalue weighted by Gasteiger charge is 2.42. The van der Waals surface area contributed by atoms with Gasteiger partial charge in [0.15, 0.2) is 23.1 Å². The summed E-state index contributed by atoms with van der Waals surface area (Å²) >= 11 is 0. The Hall–Kier alpha value is -4.01. The molecule has 6 rings (SSSR count). The number of methoxy groups -OCH3 is 2. The number of anilines is 1. The van der Waals surface area contributed by atoms with E-state index in [-0.39, 0.29) is 18.0 Å². The number of aromatic nitrogens is 3. The molecule has 3 heterocycles. The smallest absolute Gasteiger partial charge is 0.231 e. The molecule has 2 aromatic carbocycles. The largest absolute Gasteiger partial charge is 0.497 e. The standard InChI is InChI=1S/C26H26N4O5/c1-26(2)11-18-22(19(31)12-26)23(14-5-6-20-21(9-14)35-13-34-20)30-25(27-18)28-24(29-30)15-7-16(32-3)10-17(8-15)33-4/h5-10,23H,11-13H2,1-4H3,(H,27,28,29). The lowest BCUT2D eigenvalue weighted by molar-refractivity contribution is -0.118. The van der Waals surface area contributed by atoms with E-state index in [9.17, 15) is 4.79 Å². The number of ketones is 1. The molecule has 0 saturated carbocycles. The maximum Gasteiger partial charge on any atom is 0.231 e. The summed E-state index contributed by atoms with van der Waals surface area (Å²) < 4.78 is 23.8. The predicted octanol–water partition coefficient (Wildman–Crippen LogP) is 4.35. The first kappa shape index (κ1) is 21.5. The van der Waals surface area contributed by atoms with E-state index < -0.39 is 6.04 Å². The highest BCUT2D eigenvalue weighted by atomic mass is 16.7. The number of rotatable bonds is 4. The molecule has 35 heavy (non-hydrogen) atoms. The number of hydrogen-bond acceptors (Lipinski definition) is 8. The van der Waals surface area contributed by atoms with Crippen LogP contribution in [-0.4, -0.2) is 41.6 Å². The van der Waals surface area contributed by atoms with E-state index in [1.54, 1.807) is 25.0 Å². The zero-order valence-corrected chi connectivity index (χ0v) is 20.0. The fourth-order valence-corrected chi connectivity index (χ4v) is 5.06. The number of nitrogens with one attached hydrogen (secondary N) is 1. The van der Waals surface area contributed by atoms with Gasteiger partial charge in [0.25, 0.3) is 0 Å². The van der Waals surface area contributed by atoms with Gasteiger partial charge in [-0.2, -0.15) is 4.98 Å². The number of allylic oxidation sites excluding steroid dienone is 2. The lowest BCUT2D eigenvalue weighted by atomic mass is 9.73. The van der Waals surface area contributed by atoms with Crippen LogP contribution in [0.5, 0.6) is 23.0 Å². The summed E-state index contributed by atoms with van der Waals surface area (Å²) in [5.74, 6) is 3.82. The Kier molecular flexibility index (Phi) is 4.77. The van der Waals surface area contributed by atoms with Gasteiger partial charge in [0.1, 0.15) is 17.5 Å². The summed E-state index contributed by atoms with van der Waals surface area (Å²) in [7, 11) is 3.21. The number of nitrogens with zero attached hydrogens (tertiary/aromatic N) is 3. The minimum Gasteiger partial charge on any atom is -0.497 e. The number of benzene rings is 2. The van der Waals surface area contributed by atoms with Crippen molar-refractivity contribution >= 4 is 11.7 Å². The maximum atomic E-state index is 13.5. The number of hydrogen-bond donors (Lipinski definition) is 1. The van der Waals surface area contributed by atoms with Gasteiger partial charge in [-0.1, -0.05) is 19.9 Å². The fraction of sp³-hybridized carbons (Fsp3) is 0.346. The van der Waals surface area contributed by atoms with Crippen molar-refractivity contribution in [2.75, 3.05) is 26.3 Å². The molecule has 3 aromatic rings. The molecule has 9 heteroatoms. The third-order valence-electron chi connectivity index (χ3n) is 6.65. The van der Waals surface area contributed by atoms with Crippen LogP contribution in [0.25, 0.3) is 11.4 Å². The molecule has 0 amide bonds.